The van der Waals surface area contributed by atoms with E-state index in [0.717, 1.165) is 24.1 Å². The number of nitrogens with two attached hydrogens (primary N) is 1. The third-order valence-electron chi connectivity index (χ3n) is 4.66. The normalized spacial score (nSPS) is 29.7. The lowest BCUT2D eigenvalue weighted by Crippen LogP contribution is -2.34. The number of rotatable bonds is 4. The Morgan fingerprint density at radius 2 is 2.39 bits per heavy atom. The van der Waals surface area contributed by atoms with Crippen molar-refractivity contribution in [1.82, 2.24) is 9.78 Å². The van der Waals surface area contributed by atoms with E-state index in [0.29, 0.717) is 12.5 Å². The van der Waals surface area contributed by atoms with E-state index in [1.807, 2.05) is 20.2 Å². The summed E-state index contributed by atoms with van der Waals surface area (Å²) in [6.45, 7) is 4.73. The van der Waals surface area contributed by atoms with Gasteiger partial charge in [0.15, 0.2) is 0 Å². The van der Waals surface area contributed by atoms with Gasteiger partial charge in [0, 0.05) is 30.8 Å². The van der Waals surface area contributed by atoms with Crippen molar-refractivity contribution in [2.45, 2.75) is 45.6 Å². The van der Waals surface area contributed by atoms with Crippen molar-refractivity contribution in [3.8, 4) is 0 Å². The summed E-state index contributed by atoms with van der Waals surface area (Å²) in [4.78, 5) is 0. The number of aliphatic hydroxyl groups excluding tert-OH is 1. The molecule has 0 aromatic carbocycles. The first kappa shape index (κ1) is 13.6. The monoisotopic (exact) mass is 251 g/mol. The summed E-state index contributed by atoms with van der Waals surface area (Å²) in [7, 11) is 1.89. The molecule has 0 saturated heterocycles. The maximum Gasteiger partial charge on any atom is 0.0891 e. The van der Waals surface area contributed by atoms with Gasteiger partial charge < -0.3 is 10.8 Å². The molecule has 1 saturated carbocycles. The first-order valence-corrected chi connectivity index (χ1v) is 6.90. The number of aryl methyl sites for hydroxylation is 2. The predicted molar refractivity (Wildman–Crippen MR) is 72.0 cm³/mol. The van der Waals surface area contributed by atoms with E-state index in [2.05, 4.69) is 12.0 Å². The van der Waals surface area contributed by atoms with Crippen molar-refractivity contribution in [3.05, 3.63) is 17.5 Å². The Hall–Kier alpha value is -0.870. The van der Waals surface area contributed by atoms with Crippen LogP contribution in [0, 0.1) is 18.3 Å². The highest BCUT2D eigenvalue weighted by Gasteiger charge is 2.44. The maximum absolute atomic E-state index is 10.7. The number of nitrogens with zero attached hydrogens (tertiary/aromatic N) is 2. The summed E-state index contributed by atoms with van der Waals surface area (Å²) < 4.78 is 1.77. The van der Waals surface area contributed by atoms with Crippen LogP contribution in [0.1, 0.15) is 50.0 Å². The molecule has 0 bridgehead atoms. The van der Waals surface area contributed by atoms with Crippen molar-refractivity contribution < 1.29 is 5.11 Å². The van der Waals surface area contributed by atoms with Gasteiger partial charge in [-0.3, -0.25) is 4.68 Å². The van der Waals surface area contributed by atoms with Crippen molar-refractivity contribution in [1.29, 1.82) is 0 Å². The lowest BCUT2D eigenvalue weighted by Gasteiger charge is -2.33. The summed E-state index contributed by atoms with van der Waals surface area (Å²) in [5, 5.41) is 15.1. The second-order valence-electron chi connectivity index (χ2n) is 5.83. The molecule has 0 radical (unpaired) electrons. The highest BCUT2D eigenvalue weighted by atomic mass is 16.3. The lowest BCUT2D eigenvalue weighted by atomic mass is 9.76. The van der Waals surface area contributed by atoms with Crippen LogP contribution in [0.25, 0.3) is 0 Å². The van der Waals surface area contributed by atoms with Gasteiger partial charge >= 0.3 is 0 Å². The van der Waals surface area contributed by atoms with Crippen LogP contribution in [-0.4, -0.2) is 21.4 Å². The molecule has 3 N–H and O–H groups in total. The lowest BCUT2D eigenvalue weighted by molar-refractivity contribution is 0.0296. The molecule has 3 atom stereocenters. The largest absolute Gasteiger partial charge is 0.388 e. The molecule has 18 heavy (non-hydrogen) atoms. The molecule has 102 valence electrons. The van der Waals surface area contributed by atoms with Crippen LogP contribution >= 0.6 is 0 Å². The Morgan fingerprint density at radius 3 is 2.83 bits per heavy atom. The van der Waals surface area contributed by atoms with Crippen LogP contribution in [0.15, 0.2) is 6.20 Å². The Kier molecular flexibility index (Phi) is 3.78. The molecule has 0 spiro atoms. The molecule has 1 aromatic rings. The molecular weight excluding hydrogens is 226 g/mol. The van der Waals surface area contributed by atoms with Crippen LogP contribution in [0.4, 0.5) is 0 Å². The third-order valence-corrected chi connectivity index (χ3v) is 4.66. The summed E-state index contributed by atoms with van der Waals surface area (Å²) in [5.74, 6) is 0.708. The van der Waals surface area contributed by atoms with E-state index >= 15 is 0 Å². The zero-order valence-corrected chi connectivity index (χ0v) is 11.7. The summed E-state index contributed by atoms with van der Waals surface area (Å²) in [6, 6.07) is 0. The van der Waals surface area contributed by atoms with Gasteiger partial charge in [-0.2, -0.15) is 5.10 Å². The van der Waals surface area contributed by atoms with Crippen molar-refractivity contribution in [2.24, 2.45) is 24.1 Å². The standard InChI is InChI=1S/C14H25N3O/c1-4-11-5-6-14(7-11,9-15)13(18)12-8-17(3)16-10(12)2/h8,11,13,18H,4-7,9,15H2,1-3H3. The first-order valence-electron chi connectivity index (χ1n) is 6.90. The fourth-order valence-corrected chi connectivity index (χ4v) is 3.38. The number of aliphatic hydroxyl groups is 1. The van der Waals surface area contributed by atoms with Crippen LogP contribution in [0.2, 0.25) is 0 Å². The van der Waals surface area contributed by atoms with Gasteiger partial charge in [0.25, 0.3) is 0 Å². The highest BCUT2D eigenvalue weighted by molar-refractivity contribution is 5.22. The minimum absolute atomic E-state index is 0.144. The third kappa shape index (κ3) is 2.19. The summed E-state index contributed by atoms with van der Waals surface area (Å²) >= 11 is 0. The van der Waals surface area contributed by atoms with E-state index in [4.69, 9.17) is 5.73 Å². The van der Waals surface area contributed by atoms with E-state index in [-0.39, 0.29) is 5.41 Å². The van der Waals surface area contributed by atoms with Crippen LogP contribution < -0.4 is 5.73 Å². The Morgan fingerprint density at radius 1 is 1.67 bits per heavy atom. The minimum Gasteiger partial charge on any atom is -0.388 e. The van der Waals surface area contributed by atoms with Crippen molar-refractivity contribution in [3.63, 3.8) is 0 Å². The molecule has 1 fully saturated rings. The first-order chi connectivity index (χ1) is 8.52. The average Bonchev–Trinajstić information content (AvgIpc) is 2.92. The zero-order valence-electron chi connectivity index (χ0n) is 11.7. The fraction of sp³-hybridized carbons (Fsp3) is 0.786. The second-order valence-corrected chi connectivity index (χ2v) is 5.83. The summed E-state index contributed by atoms with van der Waals surface area (Å²) in [5.41, 5.74) is 7.71. The van der Waals surface area contributed by atoms with Gasteiger partial charge in [-0.15, -0.1) is 0 Å². The average molecular weight is 251 g/mol. The number of hydrogen-bond acceptors (Lipinski definition) is 3. The summed E-state index contributed by atoms with van der Waals surface area (Å²) in [6.07, 6.45) is 5.88. The molecule has 2 rings (SSSR count). The van der Waals surface area contributed by atoms with Crippen LogP contribution in [-0.2, 0) is 7.05 Å². The smallest absolute Gasteiger partial charge is 0.0891 e. The molecule has 1 aliphatic rings. The van der Waals surface area contributed by atoms with E-state index in [9.17, 15) is 5.11 Å². The molecule has 1 heterocycles. The zero-order chi connectivity index (χ0) is 13.3. The van der Waals surface area contributed by atoms with Gasteiger partial charge in [0.05, 0.1) is 11.8 Å². The maximum atomic E-state index is 10.7. The Balaban J connectivity index is 2.25. The molecule has 3 unspecified atom stereocenters. The molecular formula is C14H25N3O. The van der Waals surface area contributed by atoms with Crippen LogP contribution in [0.5, 0.6) is 0 Å². The van der Waals surface area contributed by atoms with Gasteiger partial charge in [-0.05, 0) is 32.1 Å². The van der Waals surface area contributed by atoms with E-state index in [1.165, 1.54) is 12.8 Å². The van der Waals surface area contributed by atoms with Gasteiger partial charge in [-0.25, -0.2) is 0 Å². The second kappa shape index (κ2) is 5.02. The van der Waals surface area contributed by atoms with Gasteiger partial charge in [0.2, 0.25) is 0 Å². The van der Waals surface area contributed by atoms with Gasteiger partial charge in [-0.1, -0.05) is 13.3 Å². The predicted octanol–water partition coefficient (Wildman–Crippen LogP) is 1.92. The van der Waals surface area contributed by atoms with E-state index < -0.39 is 6.10 Å². The molecule has 1 aromatic heterocycles. The molecule has 4 heteroatoms. The topological polar surface area (TPSA) is 64.1 Å². The molecule has 0 amide bonds. The Labute approximate surface area is 109 Å². The van der Waals surface area contributed by atoms with Crippen molar-refractivity contribution in [2.75, 3.05) is 6.54 Å². The Bertz CT molecular complexity index is 415. The number of hydrogen-bond donors (Lipinski definition) is 2. The van der Waals surface area contributed by atoms with Gasteiger partial charge in [0.1, 0.15) is 0 Å². The molecule has 4 nitrogen and oxygen atoms in total. The SMILES string of the molecule is CCC1CCC(CN)(C(O)c2cn(C)nc2C)C1. The fourth-order valence-electron chi connectivity index (χ4n) is 3.38. The highest BCUT2D eigenvalue weighted by Crippen LogP contribution is 2.50. The quantitative estimate of drug-likeness (QED) is 0.859. The van der Waals surface area contributed by atoms with Crippen LogP contribution in [0.3, 0.4) is 0 Å². The molecule has 0 aliphatic heterocycles. The minimum atomic E-state index is -0.479. The molecule has 1 aliphatic carbocycles. The number of aromatic nitrogens is 2. The van der Waals surface area contributed by atoms with Crippen molar-refractivity contribution >= 4 is 0 Å². The van der Waals surface area contributed by atoms with E-state index in [1.54, 1.807) is 4.68 Å².